The van der Waals surface area contributed by atoms with Crippen LogP contribution in [0.5, 0.6) is 0 Å². The maximum atomic E-state index is 5.48. The number of aromatic nitrogens is 3. The molecule has 0 bridgehead atoms. The molecule has 0 atom stereocenters. The molecule has 0 amide bonds. The second-order valence-corrected chi connectivity index (χ2v) is 7.48. The molecule has 7 nitrogen and oxygen atoms in total. The lowest BCUT2D eigenvalue weighted by Gasteiger charge is -2.38. The molecule has 2 aliphatic heterocycles. The van der Waals surface area contributed by atoms with E-state index in [1.54, 1.807) is 0 Å². The minimum Gasteiger partial charge on any atom is -0.379 e. The van der Waals surface area contributed by atoms with Crippen molar-refractivity contribution >= 4 is 17.0 Å². The largest absolute Gasteiger partial charge is 0.379 e. The first-order chi connectivity index (χ1) is 13.9. The summed E-state index contributed by atoms with van der Waals surface area (Å²) in [5.41, 5.74) is 3.36. The van der Waals surface area contributed by atoms with Gasteiger partial charge in [-0.3, -0.25) is 19.4 Å². The van der Waals surface area contributed by atoms with Crippen molar-refractivity contribution in [2.24, 2.45) is 0 Å². The average molecular weight is 378 g/mol. The Balaban J connectivity index is 1.39. The number of benzene rings is 1. The SMILES string of the molecule is c1ccc(CN2CN(CCN3CCOCC3)c3nc4ccccc4n3C2)nc1. The molecule has 0 aliphatic carbocycles. The Morgan fingerprint density at radius 1 is 0.893 bits per heavy atom. The Labute approximate surface area is 165 Å². The van der Waals surface area contributed by atoms with Gasteiger partial charge in [-0.2, -0.15) is 0 Å². The Bertz CT molecular complexity index is 921. The first-order valence-electron chi connectivity index (χ1n) is 9.99. The van der Waals surface area contributed by atoms with Gasteiger partial charge in [0.15, 0.2) is 0 Å². The van der Waals surface area contributed by atoms with E-state index in [1.807, 2.05) is 12.3 Å². The topological polar surface area (TPSA) is 49.7 Å². The van der Waals surface area contributed by atoms with Gasteiger partial charge < -0.3 is 9.64 Å². The third kappa shape index (κ3) is 3.61. The summed E-state index contributed by atoms with van der Waals surface area (Å²) in [6.45, 7) is 8.23. The Hall–Kier alpha value is -2.48. The standard InChI is InChI=1S/C21H26N6O/c1-2-7-20-19(6-1)23-21-26(10-9-24-11-13-28-14-12-24)16-25(17-27(20)21)15-18-5-3-4-8-22-18/h1-8H,9-17H2. The molecule has 5 rings (SSSR count). The van der Waals surface area contributed by atoms with Crippen molar-refractivity contribution in [3.63, 3.8) is 0 Å². The van der Waals surface area contributed by atoms with Crippen molar-refractivity contribution in [3.05, 3.63) is 54.4 Å². The molecule has 7 heteroatoms. The van der Waals surface area contributed by atoms with Crippen LogP contribution >= 0.6 is 0 Å². The van der Waals surface area contributed by atoms with Gasteiger partial charge in [0, 0.05) is 38.9 Å². The molecule has 1 fully saturated rings. The highest BCUT2D eigenvalue weighted by Gasteiger charge is 2.26. The molecular weight excluding hydrogens is 352 g/mol. The van der Waals surface area contributed by atoms with Crippen molar-refractivity contribution in [1.82, 2.24) is 24.3 Å². The molecule has 2 aromatic heterocycles. The first-order valence-corrected chi connectivity index (χ1v) is 9.99. The zero-order chi connectivity index (χ0) is 18.8. The number of hydrogen-bond acceptors (Lipinski definition) is 6. The summed E-state index contributed by atoms with van der Waals surface area (Å²) >= 11 is 0. The summed E-state index contributed by atoms with van der Waals surface area (Å²) in [5.74, 6) is 1.08. The molecule has 0 N–H and O–H groups in total. The number of morpholine rings is 1. The van der Waals surface area contributed by atoms with Crippen LogP contribution in [0.3, 0.4) is 0 Å². The number of para-hydroxylation sites is 2. The molecular formula is C21H26N6O. The number of anilines is 1. The summed E-state index contributed by atoms with van der Waals surface area (Å²) in [4.78, 5) is 16.8. The van der Waals surface area contributed by atoms with E-state index in [9.17, 15) is 0 Å². The normalized spacial score (nSPS) is 18.5. The van der Waals surface area contributed by atoms with Crippen LogP contribution in [0.4, 0.5) is 5.95 Å². The molecule has 28 heavy (non-hydrogen) atoms. The van der Waals surface area contributed by atoms with Crippen LogP contribution in [0.2, 0.25) is 0 Å². The third-order valence-corrected chi connectivity index (χ3v) is 5.53. The molecule has 2 aliphatic rings. The van der Waals surface area contributed by atoms with Crippen LogP contribution < -0.4 is 4.90 Å². The van der Waals surface area contributed by atoms with E-state index in [0.717, 1.165) is 76.4 Å². The van der Waals surface area contributed by atoms with Crippen LogP contribution in [0.15, 0.2) is 48.7 Å². The van der Waals surface area contributed by atoms with Crippen molar-refractivity contribution in [3.8, 4) is 0 Å². The number of nitrogens with zero attached hydrogens (tertiary/aromatic N) is 6. The second-order valence-electron chi connectivity index (χ2n) is 7.48. The van der Waals surface area contributed by atoms with E-state index in [1.165, 1.54) is 5.52 Å². The van der Waals surface area contributed by atoms with E-state index in [2.05, 4.69) is 60.6 Å². The van der Waals surface area contributed by atoms with Gasteiger partial charge in [0.05, 0.1) is 43.3 Å². The van der Waals surface area contributed by atoms with Crippen LogP contribution in [-0.2, 0) is 18.0 Å². The van der Waals surface area contributed by atoms with Gasteiger partial charge in [-0.05, 0) is 24.3 Å². The zero-order valence-electron chi connectivity index (χ0n) is 16.1. The maximum absolute atomic E-state index is 5.48. The van der Waals surface area contributed by atoms with Gasteiger partial charge in [-0.25, -0.2) is 4.98 Å². The second kappa shape index (κ2) is 7.87. The minimum atomic E-state index is 0.834. The van der Waals surface area contributed by atoms with Crippen molar-refractivity contribution in [1.29, 1.82) is 0 Å². The maximum Gasteiger partial charge on any atom is 0.208 e. The monoisotopic (exact) mass is 378 g/mol. The Kier molecular flexibility index (Phi) is 4.95. The van der Waals surface area contributed by atoms with Crippen LogP contribution in [0, 0.1) is 0 Å². The number of pyridine rings is 1. The van der Waals surface area contributed by atoms with Gasteiger partial charge >= 0.3 is 0 Å². The number of hydrogen-bond donors (Lipinski definition) is 0. The van der Waals surface area contributed by atoms with Crippen molar-refractivity contribution in [2.45, 2.75) is 13.2 Å². The molecule has 1 saturated heterocycles. The lowest BCUT2D eigenvalue weighted by Crippen LogP contribution is -2.48. The quantitative estimate of drug-likeness (QED) is 0.677. The predicted octanol–water partition coefficient (Wildman–Crippen LogP) is 2.00. The number of imidazole rings is 1. The highest BCUT2D eigenvalue weighted by molar-refractivity contribution is 5.79. The number of rotatable bonds is 5. The molecule has 0 spiro atoms. The molecule has 3 aromatic rings. The average Bonchev–Trinajstić information content (AvgIpc) is 3.12. The highest BCUT2D eigenvalue weighted by Crippen LogP contribution is 2.27. The fourth-order valence-electron chi connectivity index (χ4n) is 4.07. The van der Waals surface area contributed by atoms with Crippen LogP contribution in [0.25, 0.3) is 11.0 Å². The third-order valence-electron chi connectivity index (χ3n) is 5.53. The number of ether oxygens (including phenoxy) is 1. The van der Waals surface area contributed by atoms with E-state index in [0.29, 0.717) is 0 Å². The molecule has 0 radical (unpaired) electrons. The highest BCUT2D eigenvalue weighted by atomic mass is 16.5. The van der Waals surface area contributed by atoms with E-state index in [4.69, 9.17) is 9.72 Å². The molecule has 0 saturated carbocycles. The summed E-state index contributed by atoms with van der Waals surface area (Å²) in [5, 5.41) is 0. The fourth-order valence-corrected chi connectivity index (χ4v) is 4.07. The number of fused-ring (bicyclic) bond motifs is 3. The van der Waals surface area contributed by atoms with Crippen LogP contribution in [-0.4, -0.2) is 70.4 Å². The summed E-state index contributed by atoms with van der Waals surface area (Å²) in [7, 11) is 0. The fraction of sp³-hybridized carbons (Fsp3) is 0.429. The lowest BCUT2D eigenvalue weighted by molar-refractivity contribution is 0.0384. The van der Waals surface area contributed by atoms with Gasteiger partial charge in [0.25, 0.3) is 0 Å². The van der Waals surface area contributed by atoms with E-state index in [-0.39, 0.29) is 0 Å². The van der Waals surface area contributed by atoms with Gasteiger partial charge in [-0.15, -0.1) is 0 Å². The molecule has 4 heterocycles. The Morgan fingerprint density at radius 2 is 1.75 bits per heavy atom. The van der Waals surface area contributed by atoms with E-state index >= 15 is 0 Å². The van der Waals surface area contributed by atoms with Gasteiger partial charge in [0.1, 0.15) is 0 Å². The first kappa shape index (κ1) is 17.6. The zero-order valence-corrected chi connectivity index (χ0v) is 16.1. The van der Waals surface area contributed by atoms with E-state index < -0.39 is 0 Å². The van der Waals surface area contributed by atoms with Crippen LogP contribution in [0.1, 0.15) is 5.69 Å². The van der Waals surface area contributed by atoms with Gasteiger partial charge in [0.2, 0.25) is 5.95 Å². The predicted molar refractivity (Wildman–Crippen MR) is 109 cm³/mol. The summed E-state index contributed by atoms with van der Waals surface area (Å²) in [6.07, 6.45) is 1.87. The summed E-state index contributed by atoms with van der Waals surface area (Å²) in [6, 6.07) is 14.5. The summed E-state index contributed by atoms with van der Waals surface area (Å²) < 4.78 is 7.82. The lowest BCUT2D eigenvalue weighted by atomic mass is 10.3. The minimum absolute atomic E-state index is 0.834. The molecule has 146 valence electrons. The molecule has 1 aromatic carbocycles. The van der Waals surface area contributed by atoms with Gasteiger partial charge in [-0.1, -0.05) is 18.2 Å². The smallest absolute Gasteiger partial charge is 0.208 e. The molecule has 0 unspecified atom stereocenters. The van der Waals surface area contributed by atoms with Crippen molar-refractivity contribution in [2.75, 3.05) is 51.0 Å². The van der Waals surface area contributed by atoms with Crippen molar-refractivity contribution < 1.29 is 4.74 Å². The Morgan fingerprint density at radius 3 is 2.61 bits per heavy atom.